The van der Waals surface area contributed by atoms with E-state index in [1.54, 1.807) is 31.4 Å². The van der Waals surface area contributed by atoms with Gasteiger partial charge in [-0.1, -0.05) is 36.4 Å². The molecule has 0 saturated heterocycles. The van der Waals surface area contributed by atoms with Crippen LogP contribution in [0.5, 0.6) is 0 Å². The van der Waals surface area contributed by atoms with Crippen LogP contribution in [-0.2, 0) is 9.47 Å². The molecule has 0 aromatic heterocycles. The molecule has 0 unspecified atom stereocenters. The molecule has 0 aliphatic heterocycles. The van der Waals surface area contributed by atoms with Gasteiger partial charge in [-0.15, -0.1) is 0 Å². The lowest BCUT2D eigenvalue weighted by molar-refractivity contribution is 0.0389. The first-order valence-corrected chi connectivity index (χ1v) is 6.67. The first kappa shape index (κ1) is 13.5. The summed E-state index contributed by atoms with van der Waals surface area (Å²) in [5.74, 6) is -0.486. The minimum absolute atomic E-state index is 0.0489. The van der Waals surface area contributed by atoms with Gasteiger partial charge in [-0.25, -0.2) is 4.79 Å². The molecule has 1 aliphatic carbocycles. The van der Waals surface area contributed by atoms with E-state index >= 15 is 0 Å². The maximum atomic E-state index is 12.4. The highest BCUT2D eigenvalue weighted by Crippen LogP contribution is 2.38. The summed E-state index contributed by atoms with van der Waals surface area (Å²) >= 11 is 0. The van der Waals surface area contributed by atoms with Gasteiger partial charge in [0.1, 0.15) is 6.61 Å². The molecule has 0 spiro atoms. The number of benzene rings is 2. The molecule has 4 heteroatoms. The molecule has 0 bridgehead atoms. The van der Waals surface area contributed by atoms with Crippen LogP contribution in [0.2, 0.25) is 0 Å². The fraction of sp³-hybridized carbons (Fsp3) is 0.176. The van der Waals surface area contributed by atoms with Gasteiger partial charge >= 0.3 is 5.97 Å². The van der Waals surface area contributed by atoms with Gasteiger partial charge in [0.2, 0.25) is 0 Å². The number of ether oxygens (including phenoxy) is 2. The van der Waals surface area contributed by atoms with E-state index in [1.807, 2.05) is 18.2 Å². The van der Waals surface area contributed by atoms with Crippen LogP contribution in [0, 0.1) is 0 Å². The van der Waals surface area contributed by atoms with Crippen LogP contribution in [0.4, 0.5) is 0 Å². The highest BCUT2D eigenvalue weighted by molar-refractivity contribution is 6.24. The van der Waals surface area contributed by atoms with Gasteiger partial charge in [0.25, 0.3) is 0 Å². The molecule has 0 amide bonds. The van der Waals surface area contributed by atoms with E-state index in [2.05, 4.69) is 0 Å². The molecular weight excluding hydrogens is 268 g/mol. The Bertz CT molecular complexity index is 718. The number of carbonyl (C=O) groups excluding carboxylic acids is 2. The van der Waals surface area contributed by atoms with Crippen molar-refractivity contribution in [2.75, 3.05) is 20.3 Å². The van der Waals surface area contributed by atoms with E-state index in [9.17, 15) is 9.59 Å². The molecule has 4 nitrogen and oxygen atoms in total. The smallest absolute Gasteiger partial charge is 0.338 e. The molecule has 0 N–H and O–H groups in total. The Kier molecular flexibility index (Phi) is 3.54. The van der Waals surface area contributed by atoms with Gasteiger partial charge in [0, 0.05) is 23.8 Å². The monoisotopic (exact) mass is 282 g/mol. The predicted octanol–water partition coefficient (Wildman–Crippen LogP) is 2.70. The highest BCUT2D eigenvalue weighted by atomic mass is 16.6. The number of hydrogen-bond acceptors (Lipinski definition) is 4. The topological polar surface area (TPSA) is 52.6 Å². The van der Waals surface area contributed by atoms with E-state index in [1.165, 1.54) is 0 Å². The average molecular weight is 282 g/mol. The van der Waals surface area contributed by atoms with Gasteiger partial charge in [-0.2, -0.15) is 0 Å². The maximum absolute atomic E-state index is 12.4. The van der Waals surface area contributed by atoms with Gasteiger partial charge in [0.05, 0.1) is 12.2 Å². The van der Waals surface area contributed by atoms with Crippen molar-refractivity contribution in [2.24, 2.45) is 0 Å². The quantitative estimate of drug-likeness (QED) is 0.545. The first-order valence-electron chi connectivity index (χ1n) is 6.67. The van der Waals surface area contributed by atoms with Crippen molar-refractivity contribution in [3.8, 4) is 11.1 Å². The Morgan fingerprint density at radius 1 is 0.952 bits per heavy atom. The largest absolute Gasteiger partial charge is 0.460 e. The number of carbonyl (C=O) groups is 2. The molecule has 0 radical (unpaired) electrons. The SMILES string of the molecule is COCCOC(=O)c1cccc2c1-c1ccccc1C2=O. The minimum atomic E-state index is -0.437. The number of hydrogen-bond donors (Lipinski definition) is 0. The van der Waals surface area contributed by atoms with Crippen LogP contribution in [0.3, 0.4) is 0 Å². The molecule has 106 valence electrons. The molecule has 0 heterocycles. The Labute approximate surface area is 122 Å². The Morgan fingerprint density at radius 2 is 1.67 bits per heavy atom. The number of methoxy groups -OCH3 is 1. The third-order valence-corrected chi connectivity index (χ3v) is 3.49. The summed E-state index contributed by atoms with van der Waals surface area (Å²) in [4.78, 5) is 24.6. The number of esters is 1. The van der Waals surface area contributed by atoms with Crippen molar-refractivity contribution >= 4 is 11.8 Å². The van der Waals surface area contributed by atoms with Crippen molar-refractivity contribution in [3.63, 3.8) is 0 Å². The fourth-order valence-corrected chi connectivity index (χ4v) is 2.54. The molecule has 3 rings (SSSR count). The van der Waals surface area contributed by atoms with Crippen LogP contribution in [-0.4, -0.2) is 32.1 Å². The summed E-state index contributed by atoms with van der Waals surface area (Å²) in [5, 5.41) is 0. The predicted molar refractivity (Wildman–Crippen MR) is 77.5 cm³/mol. The number of ketones is 1. The van der Waals surface area contributed by atoms with Crippen molar-refractivity contribution in [2.45, 2.75) is 0 Å². The van der Waals surface area contributed by atoms with Gasteiger partial charge in [-0.3, -0.25) is 4.79 Å². The number of fused-ring (bicyclic) bond motifs is 3. The third kappa shape index (κ3) is 2.23. The second-order valence-electron chi connectivity index (χ2n) is 4.73. The lowest BCUT2D eigenvalue weighted by Gasteiger charge is -2.09. The Hall–Kier alpha value is -2.46. The second kappa shape index (κ2) is 5.50. The summed E-state index contributed by atoms with van der Waals surface area (Å²) in [6.07, 6.45) is 0. The zero-order valence-electron chi connectivity index (χ0n) is 11.6. The van der Waals surface area contributed by atoms with Crippen LogP contribution in [0.25, 0.3) is 11.1 Å². The molecule has 2 aromatic carbocycles. The summed E-state index contributed by atoms with van der Waals surface area (Å²) in [5.41, 5.74) is 3.06. The van der Waals surface area contributed by atoms with Crippen LogP contribution in [0.1, 0.15) is 26.3 Å². The second-order valence-corrected chi connectivity index (χ2v) is 4.73. The van der Waals surface area contributed by atoms with Gasteiger partial charge in [0.15, 0.2) is 5.78 Å². The van der Waals surface area contributed by atoms with Crippen molar-refractivity contribution in [1.82, 2.24) is 0 Å². The Balaban J connectivity index is 2.04. The molecule has 2 aromatic rings. The van der Waals surface area contributed by atoms with Crippen LogP contribution in [0.15, 0.2) is 42.5 Å². The highest BCUT2D eigenvalue weighted by Gasteiger charge is 2.30. The standard InChI is InChI=1S/C17H14O4/c1-20-9-10-21-17(19)14-8-4-7-13-15(14)11-5-2-3-6-12(11)16(13)18/h2-8H,9-10H2,1H3. The van der Waals surface area contributed by atoms with Crippen LogP contribution >= 0.6 is 0 Å². The van der Waals surface area contributed by atoms with Gasteiger partial charge in [-0.05, 0) is 11.6 Å². The molecule has 21 heavy (non-hydrogen) atoms. The summed E-state index contributed by atoms with van der Waals surface area (Å²) in [7, 11) is 1.54. The third-order valence-electron chi connectivity index (χ3n) is 3.49. The molecule has 0 saturated carbocycles. The summed E-state index contributed by atoms with van der Waals surface area (Å²) in [6.45, 7) is 0.533. The maximum Gasteiger partial charge on any atom is 0.338 e. The van der Waals surface area contributed by atoms with Crippen LogP contribution < -0.4 is 0 Å². The summed E-state index contributed by atoms with van der Waals surface area (Å²) < 4.78 is 10.0. The van der Waals surface area contributed by atoms with E-state index in [-0.39, 0.29) is 12.4 Å². The zero-order valence-corrected chi connectivity index (χ0v) is 11.6. The van der Waals surface area contributed by atoms with Crippen molar-refractivity contribution < 1.29 is 19.1 Å². The van der Waals surface area contributed by atoms with E-state index < -0.39 is 5.97 Å². The molecule has 0 atom stereocenters. The molecular formula is C17H14O4. The lowest BCUT2D eigenvalue weighted by Crippen LogP contribution is -2.11. The van der Waals surface area contributed by atoms with E-state index in [0.29, 0.717) is 28.9 Å². The lowest BCUT2D eigenvalue weighted by atomic mass is 9.99. The normalized spacial score (nSPS) is 12.0. The Morgan fingerprint density at radius 3 is 2.43 bits per heavy atom. The average Bonchev–Trinajstić information content (AvgIpc) is 2.81. The van der Waals surface area contributed by atoms with Gasteiger partial charge < -0.3 is 9.47 Å². The first-order chi connectivity index (χ1) is 10.2. The van der Waals surface area contributed by atoms with E-state index in [4.69, 9.17) is 9.47 Å². The number of rotatable bonds is 4. The minimum Gasteiger partial charge on any atom is -0.460 e. The molecule has 0 fully saturated rings. The van der Waals surface area contributed by atoms with Crippen molar-refractivity contribution in [1.29, 1.82) is 0 Å². The van der Waals surface area contributed by atoms with Crippen molar-refractivity contribution in [3.05, 3.63) is 59.2 Å². The fourth-order valence-electron chi connectivity index (χ4n) is 2.54. The molecule has 1 aliphatic rings. The van der Waals surface area contributed by atoms with E-state index in [0.717, 1.165) is 5.56 Å². The zero-order chi connectivity index (χ0) is 14.8. The summed E-state index contributed by atoms with van der Waals surface area (Å²) in [6, 6.07) is 12.4.